The van der Waals surface area contributed by atoms with Crippen molar-refractivity contribution in [2.75, 3.05) is 24.2 Å². The number of benzene rings is 1. The molecule has 5 rings (SSSR count). The highest BCUT2D eigenvalue weighted by Crippen LogP contribution is 2.34. The molecule has 0 aliphatic carbocycles. The predicted molar refractivity (Wildman–Crippen MR) is 143 cm³/mol. The number of fused-ring (bicyclic) bond motifs is 3. The molecule has 4 heterocycles. The fourth-order valence-electron chi connectivity index (χ4n) is 4.86. The van der Waals surface area contributed by atoms with Crippen molar-refractivity contribution >= 4 is 50.8 Å². The summed E-state index contributed by atoms with van der Waals surface area (Å²) in [5, 5.41) is 4.15. The van der Waals surface area contributed by atoms with Crippen LogP contribution in [0.25, 0.3) is 10.2 Å². The van der Waals surface area contributed by atoms with Crippen LogP contribution in [0.5, 0.6) is 0 Å². The Bertz CT molecular complexity index is 1390. The van der Waals surface area contributed by atoms with Crippen molar-refractivity contribution in [2.45, 2.75) is 64.4 Å². The summed E-state index contributed by atoms with van der Waals surface area (Å²) in [6.45, 7) is 7.80. The average molecular weight is 527 g/mol. The van der Waals surface area contributed by atoms with Crippen LogP contribution in [0.15, 0.2) is 28.2 Å². The molecular weight excluding hydrogens is 496 g/mol. The zero-order chi connectivity index (χ0) is 25.4. The molecular formula is C26H30N4O4S2. The molecule has 0 spiro atoms. The van der Waals surface area contributed by atoms with Gasteiger partial charge in [0.25, 0.3) is 5.56 Å². The zero-order valence-electron chi connectivity index (χ0n) is 20.8. The quantitative estimate of drug-likeness (QED) is 0.387. The third-order valence-corrected chi connectivity index (χ3v) is 8.86. The Balaban J connectivity index is 1.44. The first-order valence-electron chi connectivity index (χ1n) is 12.2. The number of rotatable bonds is 6. The number of thiophene rings is 1. The molecule has 36 heavy (non-hydrogen) atoms. The van der Waals surface area contributed by atoms with E-state index in [0.29, 0.717) is 48.0 Å². The highest BCUT2D eigenvalue weighted by Gasteiger charge is 2.27. The molecule has 2 amide bonds. The number of amides is 2. The van der Waals surface area contributed by atoms with E-state index in [4.69, 9.17) is 9.72 Å². The summed E-state index contributed by atoms with van der Waals surface area (Å²) in [5.41, 5.74) is 3.86. The maximum absolute atomic E-state index is 13.8. The highest BCUT2D eigenvalue weighted by molar-refractivity contribution is 7.99. The molecule has 2 aliphatic heterocycles. The van der Waals surface area contributed by atoms with Crippen molar-refractivity contribution in [3.05, 3.63) is 50.1 Å². The van der Waals surface area contributed by atoms with Crippen LogP contribution >= 0.6 is 23.1 Å². The number of hydrogen-bond acceptors (Lipinski definition) is 7. The van der Waals surface area contributed by atoms with Crippen LogP contribution in [0.3, 0.4) is 0 Å². The summed E-state index contributed by atoms with van der Waals surface area (Å²) >= 11 is 2.75. The van der Waals surface area contributed by atoms with E-state index < -0.39 is 0 Å². The van der Waals surface area contributed by atoms with Crippen molar-refractivity contribution in [1.29, 1.82) is 0 Å². The Morgan fingerprint density at radius 2 is 2.14 bits per heavy atom. The van der Waals surface area contributed by atoms with E-state index in [1.165, 1.54) is 23.1 Å². The molecule has 1 saturated heterocycles. The van der Waals surface area contributed by atoms with Gasteiger partial charge >= 0.3 is 0 Å². The van der Waals surface area contributed by atoms with E-state index in [0.717, 1.165) is 40.1 Å². The normalized spacial score (nSPS) is 17.4. The van der Waals surface area contributed by atoms with Crippen molar-refractivity contribution in [3.8, 4) is 0 Å². The second-order valence-corrected chi connectivity index (χ2v) is 11.5. The van der Waals surface area contributed by atoms with Crippen LogP contribution < -0.4 is 10.9 Å². The van der Waals surface area contributed by atoms with Crippen molar-refractivity contribution in [3.63, 3.8) is 0 Å². The lowest BCUT2D eigenvalue weighted by molar-refractivity contribution is -0.129. The maximum atomic E-state index is 13.8. The summed E-state index contributed by atoms with van der Waals surface area (Å²) in [6.07, 6.45) is 2.49. The van der Waals surface area contributed by atoms with E-state index in [1.54, 1.807) is 16.4 Å². The second kappa shape index (κ2) is 10.4. The van der Waals surface area contributed by atoms with E-state index in [2.05, 4.69) is 5.32 Å². The molecule has 10 heteroatoms. The first-order chi connectivity index (χ1) is 17.3. The van der Waals surface area contributed by atoms with E-state index in [9.17, 15) is 14.4 Å². The number of carbonyl (C=O) groups is 2. The van der Waals surface area contributed by atoms with Gasteiger partial charge in [-0.15, -0.1) is 11.3 Å². The average Bonchev–Trinajstić information content (AvgIpc) is 3.48. The molecule has 190 valence electrons. The second-order valence-electron chi connectivity index (χ2n) is 9.47. The maximum Gasteiger partial charge on any atom is 0.263 e. The van der Waals surface area contributed by atoms with Gasteiger partial charge in [-0.05, 0) is 50.3 Å². The number of carbonyl (C=O) groups excluding carboxylic acids is 2. The van der Waals surface area contributed by atoms with Gasteiger partial charge in [0.1, 0.15) is 4.83 Å². The minimum Gasteiger partial charge on any atom is -0.376 e. The SMILES string of the molecule is CC(=O)N1CCc2c(sc3nc(SCC(=O)Nc4ccc(C)cc4C)n(CC4CCCO4)c(=O)c23)C1. The Kier molecular flexibility index (Phi) is 7.18. The van der Waals surface area contributed by atoms with Crippen LogP contribution in [0.4, 0.5) is 5.69 Å². The largest absolute Gasteiger partial charge is 0.376 e. The smallest absolute Gasteiger partial charge is 0.263 e. The summed E-state index contributed by atoms with van der Waals surface area (Å²) in [4.78, 5) is 46.8. The first kappa shape index (κ1) is 25.0. The molecule has 3 aromatic rings. The van der Waals surface area contributed by atoms with Crippen LogP contribution in [-0.2, 0) is 33.8 Å². The van der Waals surface area contributed by atoms with Crippen LogP contribution in [0.1, 0.15) is 41.3 Å². The summed E-state index contributed by atoms with van der Waals surface area (Å²) < 4.78 is 7.52. The molecule has 8 nitrogen and oxygen atoms in total. The number of nitrogens with one attached hydrogen (secondary N) is 1. The zero-order valence-corrected chi connectivity index (χ0v) is 22.4. The lowest BCUT2D eigenvalue weighted by Crippen LogP contribution is -2.34. The monoisotopic (exact) mass is 526 g/mol. The number of hydrogen-bond donors (Lipinski definition) is 1. The lowest BCUT2D eigenvalue weighted by Gasteiger charge is -2.25. The Morgan fingerprint density at radius 3 is 2.86 bits per heavy atom. The van der Waals surface area contributed by atoms with Crippen molar-refractivity contribution < 1.29 is 14.3 Å². The Hall–Kier alpha value is -2.69. The predicted octanol–water partition coefficient (Wildman–Crippen LogP) is 3.89. The summed E-state index contributed by atoms with van der Waals surface area (Å²) in [7, 11) is 0. The molecule has 0 bridgehead atoms. The summed E-state index contributed by atoms with van der Waals surface area (Å²) in [5.74, 6) is 0.0282. The number of anilines is 1. The molecule has 1 N–H and O–H groups in total. The van der Waals surface area contributed by atoms with Gasteiger partial charge in [0, 0.05) is 30.6 Å². The standard InChI is InChI=1S/C26H30N4O4S2/c1-15-6-7-20(16(2)11-15)27-22(32)14-35-26-28-24-23(25(33)30(26)12-18-5-4-10-34-18)19-8-9-29(17(3)31)13-21(19)36-24/h6-7,11,18H,4-5,8-10,12-14H2,1-3H3,(H,27,32). The minimum atomic E-state index is -0.146. The Labute approximate surface area is 218 Å². The highest BCUT2D eigenvalue weighted by atomic mass is 32.2. The first-order valence-corrected chi connectivity index (χ1v) is 14.0. The van der Waals surface area contributed by atoms with Gasteiger partial charge in [0.15, 0.2) is 5.16 Å². The number of aromatic nitrogens is 2. The third-order valence-electron chi connectivity index (χ3n) is 6.77. The fraction of sp³-hybridized carbons (Fsp3) is 0.462. The van der Waals surface area contributed by atoms with Gasteiger partial charge in [0.2, 0.25) is 11.8 Å². The van der Waals surface area contributed by atoms with Crippen molar-refractivity contribution in [1.82, 2.24) is 14.5 Å². The molecule has 0 saturated carbocycles. The molecule has 1 fully saturated rings. The molecule has 1 unspecified atom stereocenters. The number of aryl methyl sites for hydroxylation is 2. The van der Waals surface area contributed by atoms with Gasteiger partial charge in [-0.2, -0.15) is 0 Å². The van der Waals surface area contributed by atoms with Crippen LogP contribution in [-0.4, -0.2) is 51.3 Å². The summed E-state index contributed by atoms with van der Waals surface area (Å²) in [6, 6.07) is 5.91. The van der Waals surface area contributed by atoms with Gasteiger partial charge in [0.05, 0.1) is 30.3 Å². The van der Waals surface area contributed by atoms with Crippen molar-refractivity contribution in [2.24, 2.45) is 0 Å². The molecule has 0 radical (unpaired) electrons. The minimum absolute atomic E-state index is 0.0343. The topological polar surface area (TPSA) is 93.5 Å². The number of nitrogens with zero attached hydrogens (tertiary/aromatic N) is 3. The van der Waals surface area contributed by atoms with Crippen LogP contribution in [0.2, 0.25) is 0 Å². The Morgan fingerprint density at radius 1 is 1.31 bits per heavy atom. The lowest BCUT2D eigenvalue weighted by atomic mass is 10.1. The van der Waals surface area contributed by atoms with E-state index >= 15 is 0 Å². The van der Waals surface area contributed by atoms with E-state index in [1.807, 2.05) is 32.0 Å². The van der Waals surface area contributed by atoms with Gasteiger partial charge in [-0.25, -0.2) is 4.98 Å². The molecule has 1 aromatic carbocycles. The van der Waals surface area contributed by atoms with Crippen LogP contribution in [0, 0.1) is 13.8 Å². The van der Waals surface area contributed by atoms with Gasteiger partial charge in [-0.3, -0.25) is 19.0 Å². The number of thioether (sulfide) groups is 1. The molecule has 1 atom stereocenters. The number of ether oxygens (including phenoxy) is 1. The molecule has 2 aliphatic rings. The van der Waals surface area contributed by atoms with E-state index in [-0.39, 0.29) is 29.2 Å². The van der Waals surface area contributed by atoms with Gasteiger partial charge in [-0.1, -0.05) is 29.5 Å². The molecule has 2 aromatic heterocycles. The third kappa shape index (κ3) is 5.07. The van der Waals surface area contributed by atoms with Gasteiger partial charge < -0.3 is 15.0 Å². The fourth-order valence-corrected chi connectivity index (χ4v) is 6.94.